The second kappa shape index (κ2) is 10.3. The van der Waals surface area contributed by atoms with E-state index in [1.807, 2.05) is 50.2 Å². The molecule has 1 N–H and O–H groups in total. The summed E-state index contributed by atoms with van der Waals surface area (Å²) in [7, 11) is 3.18. The number of rotatable bonds is 10. The van der Waals surface area contributed by atoms with Crippen LogP contribution in [0.25, 0.3) is 0 Å². The van der Waals surface area contributed by atoms with E-state index in [2.05, 4.69) is 10.5 Å². The summed E-state index contributed by atoms with van der Waals surface area (Å²) < 4.78 is 26.8. The molecule has 166 valence electrons. The topological polar surface area (TPSA) is 87.6 Å². The number of hydrogen-bond donors (Lipinski definition) is 1. The van der Waals surface area contributed by atoms with Crippen molar-refractivity contribution in [1.82, 2.24) is 0 Å². The lowest BCUT2D eigenvalue weighted by molar-refractivity contribution is 0.0420. The van der Waals surface area contributed by atoms with Crippen LogP contribution in [0.15, 0.2) is 46.4 Å². The number of unbranched alkanes of at least 4 members (excludes halogenated alkanes) is 1. The number of cyclic esters (lactones) is 1. The van der Waals surface area contributed by atoms with Crippen molar-refractivity contribution in [1.29, 1.82) is 0 Å². The second-order valence-corrected chi connectivity index (χ2v) is 7.97. The standard InChI is InChI=1S/C22H26N2O6S/c1-22(2)17-9-7-15(13-18(17)24-21(25)29-22)28-12-6-5-11-23-30-31-16-8-10-19(26-3)20(14-16)27-4/h7-11,13-14H,5-6,12H2,1-4H3,(H,24,25). The molecule has 1 aliphatic rings. The maximum absolute atomic E-state index is 11.7. The number of hydrogen-bond acceptors (Lipinski definition) is 8. The van der Waals surface area contributed by atoms with Crippen LogP contribution in [0.1, 0.15) is 32.3 Å². The number of methoxy groups -OCH3 is 2. The van der Waals surface area contributed by atoms with E-state index in [-0.39, 0.29) is 0 Å². The molecule has 1 amide bonds. The van der Waals surface area contributed by atoms with E-state index in [9.17, 15) is 4.79 Å². The normalized spacial score (nSPS) is 14.4. The highest BCUT2D eigenvalue weighted by molar-refractivity contribution is 7.94. The lowest BCUT2D eigenvalue weighted by Crippen LogP contribution is -2.34. The highest BCUT2D eigenvalue weighted by Crippen LogP contribution is 2.37. The SMILES string of the molecule is COc1ccc(SON=CCCCOc2ccc3c(c2)NC(=O)OC3(C)C)cc1OC. The van der Waals surface area contributed by atoms with Crippen LogP contribution >= 0.6 is 12.0 Å². The van der Waals surface area contributed by atoms with Crippen molar-refractivity contribution < 1.29 is 28.0 Å². The minimum absolute atomic E-state index is 0.461. The van der Waals surface area contributed by atoms with E-state index in [1.165, 1.54) is 0 Å². The number of nitrogens with zero attached hydrogens (tertiary/aromatic N) is 1. The Morgan fingerprint density at radius 2 is 1.94 bits per heavy atom. The fourth-order valence-corrected chi connectivity index (χ4v) is 3.51. The average Bonchev–Trinajstić information content (AvgIpc) is 2.74. The molecule has 0 aromatic heterocycles. The first-order chi connectivity index (χ1) is 14.9. The monoisotopic (exact) mass is 446 g/mol. The maximum atomic E-state index is 11.7. The third-order valence-corrected chi connectivity index (χ3v) is 5.18. The van der Waals surface area contributed by atoms with Crippen molar-refractivity contribution in [2.45, 2.75) is 37.2 Å². The number of carbonyl (C=O) groups excluding carboxylic acids is 1. The van der Waals surface area contributed by atoms with Gasteiger partial charge in [0.1, 0.15) is 23.4 Å². The van der Waals surface area contributed by atoms with E-state index in [4.69, 9.17) is 23.2 Å². The van der Waals surface area contributed by atoms with Crippen molar-refractivity contribution in [2.75, 3.05) is 26.1 Å². The van der Waals surface area contributed by atoms with Crippen LogP contribution in [-0.2, 0) is 14.6 Å². The molecule has 1 heterocycles. The van der Waals surface area contributed by atoms with Gasteiger partial charge >= 0.3 is 6.09 Å². The van der Waals surface area contributed by atoms with E-state index in [0.717, 1.165) is 28.9 Å². The smallest absolute Gasteiger partial charge is 0.412 e. The minimum Gasteiger partial charge on any atom is -0.494 e. The quantitative estimate of drug-likeness (QED) is 0.227. The molecule has 0 aliphatic carbocycles. The van der Waals surface area contributed by atoms with Crippen LogP contribution in [0, 0.1) is 0 Å². The van der Waals surface area contributed by atoms with E-state index in [0.29, 0.717) is 36.0 Å². The Balaban J connectivity index is 1.38. The zero-order valence-electron chi connectivity index (χ0n) is 18.0. The van der Waals surface area contributed by atoms with Gasteiger partial charge in [0.05, 0.1) is 31.4 Å². The van der Waals surface area contributed by atoms with Gasteiger partial charge in [0, 0.05) is 23.9 Å². The predicted octanol–water partition coefficient (Wildman–Crippen LogP) is 5.37. The number of nitrogens with one attached hydrogen (secondary N) is 1. The molecule has 0 saturated carbocycles. The van der Waals surface area contributed by atoms with Crippen molar-refractivity contribution in [3.63, 3.8) is 0 Å². The fraction of sp³-hybridized carbons (Fsp3) is 0.364. The van der Waals surface area contributed by atoms with Gasteiger partial charge in [0.25, 0.3) is 0 Å². The predicted molar refractivity (Wildman–Crippen MR) is 119 cm³/mol. The van der Waals surface area contributed by atoms with Gasteiger partial charge in [-0.15, -0.1) is 0 Å². The molecule has 9 heteroatoms. The van der Waals surface area contributed by atoms with Crippen LogP contribution in [-0.4, -0.2) is 33.1 Å². The summed E-state index contributed by atoms with van der Waals surface area (Å²) in [6.07, 6.45) is 2.71. The first-order valence-corrected chi connectivity index (χ1v) is 10.5. The number of amides is 1. The van der Waals surface area contributed by atoms with Gasteiger partial charge in [-0.1, -0.05) is 5.16 Å². The van der Waals surface area contributed by atoms with Crippen molar-refractivity contribution in [3.8, 4) is 17.2 Å². The summed E-state index contributed by atoms with van der Waals surface area (Å²) >= 11 is 1.13. The Hall–Kier alpha value is -3.07. The summed E-state index contributed by atoms with van der Waals surface area (Å²) in [6.45, 7) is 4.23. The molecule has 2 aromatic carbocycles. The third-order valence-electron chi connectivity index (χ3n) is 4.58. The van der Waals surface area contributed by atoms with Crippen LogP contribution in [0.4, 0.5) is 10.5 Å². The number of fused-ring (bicyclic) bond motifs is 1. The summed E-state index contributed by atoms with van der Waals surface area (Å²) in [6, 6.07) is 11.1. The van der Waals surface area contributed by atoms with E-state index >= 15 is 0 Å². The highest BCUT2D eigenvalue weighted by Gasteiger charge is 2.33. The number of oxime groups is 1. The van der Waals surface area contributed by atoms with Crippen LogP contribution in [0.5, 0.6) is 17.2 Å². The van der Waals surface area contributed by atoms with Gasteiger partial charge < -0.3 is 23.2 Å². The molecular formula is C22H26N2O6S. The Morgan fingerprint density at radius 3 is 2.71 bits per heavy atom. The molecule has 0 fully saturated rings. The zero-order chi connectivity index (χ0) is 22.3. The Labute approximate surface area is 186 Å². The molecule has 0 saturated heterocycles. The van der Waals surface area contributed by atoms with Crippen molar-refractivity contribution in [3.05, 3.63) is 42.0 Å². The summed E-state index contributed by atoms with van der Waals surface area (Å²) in [4.78, 5) is 12.5. The van der Waals surface area contributed by atoms with E-state index < -0.39 is 11.7 Å². The van der Waals surface area contributed by atoms with Crippen LogP contribution < -0.4 is 19.5 Å². The first kappa shape index (κ1) is 22.6. The fourth-order valence-electron chi connectivity index (χ4n) is 3.04. The van der Waals surface area contributed by atoms with Gasteiger partial charge in [0.2, 0.25) is 0 Å². The molecule has 31 heavy (non-hydrogen) atoms. The number of carbonyl (C=O) groups is 1. The van der Waals surface area contributed by atoms with Gasteiger partial charge in [-0.25, -0.2) is 4.79 Å². The minimum atomic E-state index is -0.665. The lowest BCUT2D eigenvalue weighted by atomic mass is 9.95. The van der Waals surface area contributed by atoms with Crippen LogP contribution in [0.2, 0.25) is 0 Å². The van der Waals surface area contributed by atoms with Gasteiger partial charge in [-0.3, -0.25) is 5.32 Å². The molecule has 1 aliphatic heterocycles. The number of anilines is 1. The molecule has 0 atom stereocenters. The van der Waals surface area contributed by atoms with Gasteiger partial charge in [-0.05, 0) is 51.0 Å². The first-order valence-electron chi connectivity index (χ1n) is 9.78. The largest absolute Gasteiger partial charge is 0.494 e. The highest BCUT2D eigenvalue weighted by atomic mass is 32.2. The number of ether oxygens (including phenoxy) is 4. The molecule has 0 unspecified atom stereocenters. The summed E-state index contributed by atoms with van der Waals surface area (Å²) in [5.74, 6) is 1.98. The van der Waals surface area contributed by atoms with Crippen molar-refractivity contribution >= 4 is 30.0 Å². The lowest BCUT2D eigenvalue weighted by Gasteiger charge is -2.32. The molecule has 2 aromatic rings. The number of benzene rings is 2. The van der Waals surface area contributed by atoms with E-state index in [1.54, 1.807) is 20.4 Å². The van der Waals surface area contributed by atoms with Gasteiger partial charge in [-0.2, -0.15) is 0 Å². The molecule has 8 nitrogen and oxygen atoms in total. The van der Waals surface area contributed by atoms with Crippen LogP contribution in [0.3, 0.4) is 0 Å². The summed E-state index contributed by atoms with van der Waals surface area (Å²) in [5.41, 5.74) is 0.957. The Kier molecular flexibility index (Phi) is 7.51. The Bertz CT molecular complexity index is 948. The van der Waals surface area contributed by atoms with Crippen molar-refractivity contribution in [2.24, 2.45) is 5.16 Å². The molecule has 0 spiro atoms. The molecule has 0 bridgehead atoms. The molecular weight excluding hydrogens is 420 g/mol. The molecule has 3 rings (SSSR count). The van der Waals surface area contributed by atoms with Gasteiger partial charge in [0.15, 0.2) is 11.5 Å². The third kappa shape index (κ3) is 5.97. The maximum Gasteiger partial charge on any atom is 0.412 e. The second-order valence-electron chi connectivity index (χ2n) is 7.19. The summed E-state index contributed by atoms with van der Waals surface area (Å²) in [5, 5.41) is 6.65. The Morgan fingerprint density at radius 1 is 1.13 bits per heavy atom. The average molecular weight is 447 g/mol. The zero-order valence-corrected chi connectivity index (χ0v) is 18.8. The molecule has 0 radical (unpaired) electrons.